The summed E-state index contributed by atoms with van der Waals surface area (Å²) in [6.07, 6.45) is 4.13. The van der Waals surface area contributed by atoms with Gasteiger partial charge in [-0.1, -0.05) is 42.5 Å². The van der Waals surface area contributed by atoms with Crippen LogP contribution in [0.1, 0.15) is 24.0 Å². The molecule has 5 nitrogen and oxygen atoms in total. The fraction of sp³-hybridized carbons (Fsp3) is 0.409. The Balaban J connectivity index is 1.46. The molecule has 0 spiro atoms. The van der Waals surface area contributed by atoms with Gasteiger partial charge in [0.1, 0.15) is 5.75 Å². The molecule has 144 valence electrons. The van der Waals surface area contributed by atoms with Gasteiger partial charge in [0.15, 0.2) is 0 Å². The minimum absolute atomic E-state index is 0.120. The fourth-order valence-electron chi connectivity index (χ4n) is 3.28. The van der Waals surface area contributed by atoms with E-state index < -0.39 is 0 Å². The first-order valence-electron chi connectivity index (χ1n) is 9.67. The van der Waals surface area contributed by atoms with E-state index in [2.05, 4.69) is 34.7 Å². The van der Waals surface area contributed by atoms with Crippen molar-refractivity contribution in [2.24, 2.45) is 0 Å². The SMILES string of the molecule is CN(C1CC1)[C@H](CNC(=O)NCCc1ccccc1)Cc1ccc(O)cc1. The summed E-state index contributed by atoms with van der Waals surface area (Å²) >= 11 is 0. The van der Waals surface area contributed by atoms with E-state index >= 15 is 0 Å². The number of likely N-dealkylation sites (N-methyl/N-ethyl adjacent to an activating group) is 1. The number of phenols is 1. The second kappa shape index (κ2) is 9.42. The summed E-state index contributed by atoms with van der Waals surface area (Å²) in [6.45, 7) is 1.22. The number of carbonyl (C=O) groups is 1. The van der Waals surface area contributed by atoms with E-state index in [9.17, 15) is 9.90 Å². The quantitative estimate of drug-likeness (QED) is 0.638. The van der Waals surface area contributed by atoms with Crippen LogP contribution in [0.25, 0.3) is 0 Å². The molecule has 2 aromatic rings. The van der Waals surface area contributed by atoms with Gasteiger partial charge in [0.25, 0.3) is 0 Å². The van der Waals surface area contributed by atoms with E-state index in [-0.39, 0.29) is 17.8 Å². The third-order valence-corrected chi connectivity index (χ3v) is 5.15. The monoisotopic (exact) mass is 367 g/mol. The van der Waals surface area contributed by atoms with Gasteiger partial charge in [-0.25, -0.2) is 4.79 Å². The highest BCUT2D eigenvalue weighted by Crippen LogP contribution is 2.28. The van der Waals surface area contributed by atoms with Crippen molar-refractivity contribution < 1.29 is 9.90 Å². The van der Waals surface area contributed by atoms with Gasteiger partial charge in [0.2, 0.25) is 0 Å². The van der Waals surface area contributed by atoms with Gasteiger partial charge in [-0.3, -0.25) is 4.90 Å². The summed E-state index contributed by atoms with van der Waals surface area (Å²) in [5.74, 6) is 0.279. The van der Waals surface area contributed by atoms with Gasteiger partial charge in [0, 0.05) is 25.2 Å². The zero-order valence-electron chi connectivity index (χ0n) is 15.9. The smallest absolute Gasteiger partial charge is 0.314 e. The maximum absolute atomic E-state index is 12.2. The average Bonchev–Trinajstić information content (AvgIpc) is 3.52. The van der Waals surface area contributed by atoms with Crippen molar-refractivity contribution in [1.29, 1.82) is 0 Å². The van der Waals surface area contributed by atoms with Crippen molar-refractivity contribution in [1.82, 2.24) is 15.5 Å². The molecule has 1 atom stereocenters. The summed E-state index contributed by atoms with van der Waals surface area (Å²) in [7, 11) is 2.14. The summed E-state index contributed by atoms with van der Waals surface area (Å²) in [5.41, 5.74) is 2.38. The molecule has 1 fully saturated rings. The van der Waals surface area contributed by atoms with Gasteiger partial charge in [0.05, 0.1) is 0 Å². The summed E-state index contributed by atoms with van der Waals surface area (Å²) in [4.78, 5) is 14.5. The van der Waals surface area contributed by atoms with Crippen LogP contribution in [0.4, 0.5) is 4.79 Å². The van der Waals surface area contributed by atoms with Gasteiger partial charge in [-0.15, -0.1) is 0 Å². The molecule has 0 heterocycles. The normalized spacial score (nSPS) is 14.7. The van der Waals surface area contributed by atoms with E-state index in [4.69, 9.17) is 0 Å². The molecular formula is C22H29N3O2. The molecule has 1 aliphatic rings. The molecule has 1 saturated carbocycles. The number of aromatic hydroxyl groups is 1. The predicted octanol–water partition coefficient (Wildman–Crippen LogP) is 2.94. The Morgan fingerprint density at radius 2 is 1.78 bits per heavy atom. The Kier molecular flexibility index (Phi) is 6.71. The lowest BCUT2D eigenvalue weighted by Crippen LogP contribution is -2.47. The second-order valence-corrected chi connectivity index (χ2v) is 7.29. The van der Waals surface area contributed by atoms with Crippen molar-refractivity contribution >= 4 is 6.03 Å². The molecule has 0 bridgehead atoms. The van der Waals surface area contributed by atoms with Gasteiger partial charge in [-0.2, -0.15) is 0 Å². The molecule has 3 N–H and O–H groups in total. The number of hydrogen-bond acceptors (Lipinski definition) is 3. The number of benzene rings is 2. The highest BCUT2D eigenvalue weighted by molar-refractivity contribution is 5.73. The molecule has 1 aliphatic carbocycles. The van der Waals surface area contributed by atoms with Crippen LogP contribution in [0.5, 0.6) is 5.75 Å². The van der Waals surface area contributed by atoms with Crippen molar-refractivity contribution in [2.75, 3.05) is 20.1 Å². The van der Waals surface area contributed by atoms with Gasteiger partial charge >= 0.3 is 6.03 Å². The van der Waals surface area contributed by atoms with Crippen LogP contribution in [0.2, 0.25) is 0 Å². The minimum atomic E-state index is -0.120. The van der Waals surface area contributed by atoms with E-state index in [1.165, 1.54) is 18.4 Å². The van der Waals surface area contributed by atoms with Gasteiger partial charge < -0.3 is 15.7 Å². The largest absolute Gasteiger partial charge is 0.508 e. The fourth-order valence-corrected chi connectivity index (χ4v) is 3.28. The van der Waals surface area contributed by atoms with E-state index in [0.29, 0.717) is 19.1 Å². The summed E-state index contributed by atoms with van der Waals surface area (Å²) in [6, 6.07) is 18.2. The van der Waals surface area contributed by atoms with Crippen LogP contribution in [-0.2, 0) is 12.8 Å². The first-order chi connectivity index (χ1) is 13.1. The number of amides is 2. The Morgan fingerprint density at radius 1 is 1.07 bits per heavy atom. The average molecular weight is 367 g/mol. The maximum Gasteiger partial charge on any atom is 0.314 e. The summed E-state index contributed by atoms with van der Waals surface area (Å²) < 4.78 is 0. The molecule has 2 amide bonds. The van der Waals surface area contributed by atoms with Crippen LogP contribution in [-0.4, -0.2) is 48.3 Å². The van der Waals surface area contributed by atoms with Crippen molar-refractivity contribution in [3.05, 3.63) is 65.7 Å². The van der Waals surface area contributed by atoms with E-state index in [1.807, 2.05) is 30.3 Å². The standard InChI is InChI=1S/C22H29N3O2/c1-25(19-9-10-19)20(15-18-7-11-21(26)12-8-18)16-24-22(27)23-14-13-17-5-3-2-4-6-17/h2-8,11-12,19-20,26H,9-10,13-16H2,1H3,(H2,23,24,27)/t20-/m0/s1. The number of rotatable bonds is 9. The van der Waals surface area contributed by atoms with Crippen LogP contribution >= 0.6 is 0 Å². The lowest BCUT2D eigenvalue weighted by Gasteiger charge is -2.28. The minimum Gasteiger partial charge on any atom is -0.508 e. The number of hydrogen-bond donors (Lipinski definition) is 3. The maximum atomic E-state index is 12.2. The predicted molar refractivity (Wildman–Crippen MR) is 108 cm³/mol. The topological polar surface area (TPSA) is 64.6 Å². The first kappa shape index (κ1) is 19.2. The molecule has 0 radical (unpaired) electrons. The lowest BCUT2D eigenvalue weighted by atomic mass is 10.0. The number of carbonyl (C=O) groups excluding carboxylic acids is 1. The van der Waals surface area contributed by atoms with Crippen LogP contribution in [0.15, 0.2) is 54.6 Å². The first-order valence-corrected chi connectivity index (χ1v) is 9.67. The number of urea groups is 1. The molecule has 2 aromatic carbocycles. The molecule has 0 aromatic heterocycles. The molecule has 5 heteroatoms. The van der Waals surface area contributed by atoms with E-state index in [0.717, 1.165) is 18.4 Å². The molecule has 27 heavy (non-hydrogen) atoms. The highest BCUT2D eigenvalue weighted by Gasteiger charge is 2.31. The number of nitrogens with one attached hydrogen (secondary N) is 2. The molecule has 3 rings (SSSR count). The molecule has 0 saturated heterocycles. The van der Waals surface area contributed by atoms with Crippen LogP contribution < -0.4 is 10.6 Å². The zero-order chi connectivity index (χ0) is 19.1. The third kappa shape index (κ3) is 6.29. The molecule has 0 aliphatic heterocycles. The van der Waals surface area contributed by atoms with Crippen molar-refractivity contribution in [3.8, 4) is 5.75 Å². The zero-order valence-corrected chi connectivity index (χ0v) is 15.9. The number of nitrogens with zero attached hydrogens (tertiary/aromatic N) is 1. The highest BCUT2D eigenvalue weighted by atomic mass is 16.3. The Hall–Kier alpha value is -2.53. The van der Waals surface area contributed by atoms with Crippen LogP contribution in [0.3, 0.4) is 0 Å². The Morgan fingerprint density at radius 3 is 2.44 bits per heavy atom. The Labute approximate surface area is 161 Å². The molecule has 0 unspecified atom stereocenters. The van der Waals surface area contributed by atoms with Gasteiger partial charge in [-0.05, 0) is 56.0 Å². The number of phenolic OH excluding ortho intramolecular Hbond substituents is 1. The van der Waals surface area contributed by atoms with Crippen molar-refractivity contribution in [3.63, 3.8) is 0 Å². The lowest BCUT2D eigenvalue weighted by molar-refractivity contribution is 0.213. The van der Waals surface area contributed by atoms with Crippen molar-refractivity contribution in [2.45, 2.75) is 37.8 Å². The molecular weight excluding hydrogens is 338 g/mol. The van der Waals surface area contributed by atoms with E-state index in [1.54, 1.807) is 12.1 Å². The summed E-state index contributed by atoms with van der Waals surface area (Å²) in [5, 5.41) is 15.4. The second-order valence-electron chi connectivity index (χ2n) is 7.29. The Bertz CT molecular complexity index is 714. The third-order valence-electron chi connectivity index (χ3n) is 5.15. The van der Waals surface area contributed by atoms with Crippen LogP contribution in [0, 0.1) is 0 Å².